The first-order chi connectivity index (χ1) is 19.1. The molecule has 13 nitrogen and oxygen atoms in total. The van der Waals surface area contributed by atoms with Crippen LogP contribution in [-0.2, 0) is 23.4 Å². The van der Waals surface area contributed by atoms with Crippen molar-refractivity contribution in [1.29, 1.82) is 0 Å². The third-order valence-electron chi connectivity index (χ3n) is 7.55. The van der Waals surface area contributed by atoms with Crippen molar-refractivity contribution in [3.63, 3.8) is 0 Å². The maximum Gasteiger partial charge on any atom is 0.338 e. The second kappa shape index (κ2) is 12.8. The molecule has 0 amide bonds. The number of nitro groups is 1. The third-order valence-corrected chi connectivity index (χ3v) is 12.0. The van der Waals surface area contributed by atoms with Gasteiger partial charge in [0, 0.05) is 31.0 Å². The zero-order valence-electron chi connectivity index (χ0n) is 24.7. The highest BCUT2D eigenvalue weighted by molar-refractivity contribution is 6.74. The van der Waals surface area contributed by atoms with Crippen molar-refractivity contribution in [2.45, 2.75) is 83.4 Å². The Morgan fingerprint density at radius 3 is 2.37 bits per heavy atom. The molecule has 1 aromatic carbocycles. The summed E-state index contributed by atoms with van der Waals surface area (Å²) in [6, 6.07) is 5.07. The van der Waals surface area contributed by atoms with Gasteiger partial charge in [-0.05, 0) is 44.1 Å². The van der Waals surface area contributed by atoms with Crippen molar-refractivity contribution < 1.29 is 33.1 Å². The highest BCUT2D eigenvalue weighted by Gasteiger charge is 2.54. The lowest BCUT2D eigenvalue weighted by molar-refractivity contribution is -0.384. The Balaban J connectivity index is 2.02. The molecule has 0 aliphatic carbocycles. The summed E-state index contributed by atoms with van der Waals surface area (Å²) in [6.45, 7) is 14.0. The topological polar surface area (TPSA) is 161 Å². The molecule has 2 aromatic rings. The van der Waals surface area contributed by atoms with Crippen molar-refractivity contribution in [3.05, 3.63) is 72.5 Å². The number of carbonyl (C=O) groups excluding carboxylic acids is 1. The molecule has 41 heavy (non-hydrogen) atoms. The van der Waals surface area contributed by atoms with Crippen LogP contribution in [-0.4, -0.2) is 73.5 Å². The van der Waals surface area contributed by atoms with Crippen LogP contribution >= 0.6 is 0 Å². The molecule has 1 aliphatic rings. The zero-order valence-corrected chi connectivity index (χ0v) is 25.7. The summed E-state index contributed by atoms with van der Waals surface area (Å²) in [5, 5.41) is 10.8. The molecule has 2 heterocycles. The third kappa shape index (κ3) is 7.37. The predicted octanol–water partition coefficient (Wildman–Crippen LogP) is 3.32. The summed E-state index contributed by atoms with van der Waals surface area (Å²) in [5.41, 5.74) is -0.937. The van der Waals surface area contributed by atoms with E-state index in [1.165, 1.54) is 42.1 Å². The van der Waals surface area contributed by atoms with Gasteiger partial charge in [-0.3, -0.25) is 24.5 Å². The van der Waals surface area contributed by atoms with E-state index in [1.54, 1.807) is 13.8 Å². The van der Waals surface area contributed by atoms with Crippen LogP contribution < -0.4 is 11.2 Å². The van der Waals surface area contributed by atoms with Crippen LogP contribution in [0.4, 0.5) is 5.69 Å². The molecule has 1 aliphatic heterocycles. The van der Waals surface area contributed by atoms with Gasteiger partial charge < -0.3 is 23.4 Å². The Morgan fingerprint density at radius 2 is 1.80 bits per heavy atom. The van der Waals surface area contributed by atoms with Gasteiger partial charge in [0.05, 0.1) is 23.7 Å². The Kier molecular flexibility index (Phi) is 10.1. The molecule has 1 fully saturated rings. The van der Waals surface area contributed by atoms with Crippen molar-refractivity contribution >= 4 is 20.0 Å². The quantitative estimate of drug-likeness (QED) is 0.134. The lowest BCUT2D eigenvalue weighted by Crippen LogP contribution is -2.52. The fourth-order valence-corrected chi connectivity index (χ4v) is 5.46. The fourth-order valence-electron chi connectivity index (χ4n) is 4.16. The molecule has 14 heteroatoms. The molecule has 1 aromatic heterocycles. The number of esters is 1. The molecule has 226 valence electrons. The van der Waals surface area contributed by atoms with E-state index < -0.39 is 61.1 Å². The maximum absolute atomic E-state index is 13.0. The number of methoxy groups -OCH3 is 1. The molecule has 0 radical (unpaired) electrons. The van der Waals surface area contributed by atoms with E-state index in [4.69, 9.17) is 23.4 Å². The van der Waals surface area contributed by atoms with Crippen LogP contribution in [0.1, 0.15) is 49.8 Å². The standard InChI is InChI=1S/C27H39N3O10Si/c1-16-15-29(26(33)28-23(16)31)24-22(37-14-13-36-6)21(40-41(7,8)27(3,4)5)20(39-24)17(2)38-25(32)18-9-11-19(12-10-18)30(34)35/h9-12,15,17,20-22,24H,13-14H2,1-8H3,(H,28,31,33)/t17-,20+,21+,22+,24+/m0/s1. The molecular weight excluding hydrogens is 554 g/mol. The normalized spacial score (nSPS) is 22.0. The number of aromatic nitrogens is 2. The number of carbonyl (C=O) groups is 1. The van der Waals surface area contributed by atoms with Crippen molar-refractivity contribution in [2.75, 3.05) is 20.3 Å². The van der Waals surface area contributed by atoms with Crippen molar-refractivity contribution in [2.24, 2.45) is 0 Å². The molecule has 3 rings (SSSR count). The number of rotatable bonds is 11. The number of benzene rings is 1. The Hall–Kier alpha value is -3.17. The zero-order chi connectivity index (χ0) is 30.7. The average molecular weight is 594 g/mol. The first-order valence-electron chi connectivity index (χ1n) is 13.3. The van der Waals surface area contributed by atoms with Gasteiger partial charge in [-0.1, -0.05) is 20.8 Å². The van der Waals surface area contributed by atoms with Crippen LogP contribution in [0.15, 0.2) is 40.1 Å². The monoisotopic (exact) mass is 593 g/mol. The van der Waals surface area contributed by atoms with Gasteiger partial charge in [0.25, 0.3) is 11.2 Å². The van der Waals surface area contributed by atoms with E-state index in [0.717, 1.165) is 0 Å². The summed E-state index contributed by atoms with van der Waals surface area (Å²) in [4.78, 5) is 50.7. The summed E-state index contributed by atoms with van der Waals surface area (Å²) < 4.78 is 31.6. The van der Waals surface area contributed by atoms with Gasteiger partial charge in [-0.2, -0.15) is 0 Å². The Labute approximate surface area is 239 Å². The second-order valence-corrected chi connectivity index (χ2v) is 16.3. The van der Waals surface area contributed by atoms with Crippen LogP contribution in [0.3, 0.4) is 0 Å². The maximum atomic E-state index is 13.0. The average Bonchev–Trinajstić information content (AvgIpc) is 3.23. The van der Waals surface area contributed by atoms with Gasteiger partial charge in [-0.25, -0.2) is 9.59 Å². The number of hydrogen-bond acceptors (Lipinski definition) is 10. The van der Waals surface area contributed by atoms with Crippen LogP contribution in [0, 0.1) is 17.0 Å². The Morgan fingerprint density at radius 1 is 1.17 bits per heavy atom. The van der Waals surface area contributed by atoms with Crippen molar-refractivity contribution in [3.8, 4) is 0 Å². The van der Waals surface area contributed by atoms with Gasteiger partial charge in [0.15, 0.2) is 14.5 Å². The Bertz CT molecular complexity index is 1350. The molecule has 0 bridgehead atoms. The van der Waals surface area contributed by atoms with Crippen LogP contribution in [0.25, 0.3) is 0 Å². The summed E-state index contributed by atoms with van der Waals surface area (Å²) in [7, 11) is -0.937. The summed E-state index contributed by atoms with van der Waals surface area (Å²) in [6.07, 6.45) is -2.97. The molecular formula is C27H39N3O10Si. The molecule has 1 N–H and O–H groups in total. The van der Waals surface area contributed by atoms with Gasteiger partial charge in [0.2, 0.25) is 0 Å². The number of non-ortho nitro benzene ring substituents is 1. The summed E-state index contributed by atoms with van der Waals surface area (Å²) in [5.74, 6) is -0.709. The highest BCUT2D eigenvalue weighted by atomic mass is 28.4. The summed E-state index contributed by atoms with van der Waals surface area (Å²) >= 11 is 0. The second-order valence-electron chi connectivity index (χ2n) is 11.6. The minimum Gasteiger partial charge on any atom is -0.456 e. The number of nitro benzene ring substituents is 1. The molecule has 0 saturated carbocycles. The lowest BCUT2D eigenvalue weighted by atomic mass is 10.1. The van der Waals surface area contributed by atoms with Crippen molar-refractivity contribution in [1.82, 2.24) is 9.55 Å². The fraction of sp³-hybridized carbons (Fsp3) is 0.593. The van der Waals surface area contributed by atoms with E-state index >= 15 is 0 Å². The first-order valence-corrected chi connectivity index (χ1v) is 16.2. The molecule has 0 unspecified atom stereocenters. The van der Waals surface area contributed by atoms with E-state index in [2.05, 4.69) is 38.8 Å². The van der Waals surface area contributed by atoms with E-state index in [1.807, 2.05) is 0 Å². The van der Waals surface area contributed by atoms with E-state index in [9.17, 15) is 24.5 Å². The largest absolute Gasteiger partial charge is 0.456 e. The minimum absolute atomic E-state index is 0.124. The van der Waals surface area contributed by atoms with E-state index in [-0.39, 0.29) is 29.5 Å². The van der Waals surface area contributed by atoms with Crippen LogP contribution in [0.5, 0.6) is 0 Å². The predicted molar refractivity (Wildman–Crippen MR) is 152 cm³/mol. The number of hydrogen-bond donors (Lipinski definition) is 1. The molecule has 5 atom stereocenters. The van der Waals surface area contributed by atoms with Gasteiger partial charge >= 0.3 is 11.7 Å². The number of aromatic amines is 1. The highest BCUT2D eigenvalue weighted by Crippen LogP contribution is 2.43. The number of H-pyrrole nitrogens is 1. The lowest BCUT2D eigenvalue weighted by Gasteiger charge is -2.41. The SMILES string of the molecule is COCCO[C@@H]1[C@H](O[Si](C)(C)C(C)(C)C)[C@@H]([C@H](C)OC(=O)c2ccc([N+](=O)[O-])cc2)O[C@H]1n1cc(C)c(=O)[nH]c1=O. The number of aryl methyl sites for hydroxylation is 1. The van der Waals surface area contributed by atoms with Gasteiger partial charge in [0.1, 0.15) is 24.4 Å². The van der Waals surface area contributed by atoms with Gasteiger partial charge in [-0.15, -0.1) is 0 Å². The first kappa shape index (κ1) is 32.3. The number of nitrogens with one attached hydrogen (secondary N) is 1. The number of nitrogens with zero attached hydrogens (tertiary/aromatic N) is 2. The van der Waals surface area contributed by atoms with Crippen LogP contribution in [0.2, 0.25) is 18.1 Å². The number of ether oxygens (including phenoxy) is 4. The molecule has 1 saturated heterocycles. The molecule has 0 spiro atoms. The van der Waals surface area contributed by atoms with E-state index in [0.29, 0.717) is 5.56 Å². The smallest absolute Gasteiger partial charge is 0.338 e. The minimum atomic E-state index is -2.47.